The molecule has 3 N–H and O–H groups in total. The maximum atomic E-state index is 12.5. The van der Waals surface area contributed by atoms with E-state index in [0.717, 1.165) is 17.3 Å². The van der Waals surface area contributed by atoms with Crippen molar-refractivity contribution in [2.24, 2.45) is 0 Å². The Morgan fingerprint density at radius 2 is 2.00 bits per heavy atom. The first-order valence-corrected chi connectivity index (χ1v) is 10.5. The summed E-state index contributed by atoms with van der Waals surface area (Å²) in [5.41, 5.74) is 5.44. The van der Waals surface area contributed by atoms with Crippen LogP contribution in [0.25, 0.3) is 0 Å². The number of ether oxygens (including phenoxy) is 2. The molecule has 0 amide bonds. The van der Waals surface area contributed by atoms with Gasteiger partial charge >= 0.3 is 5.69 Å². The van der Waals surface area contributed by atoms with E-state index in [1.165, 1.54) is 4.57 Å². The third kappa shape index (κ3) is 6.25. The molecule has 0 atom stereocenters. The van der Waals surface area contributed by atoms with Gasteiger partial charge in [-0.2, -0.15) is 0 Å². The zero-order chi connectivity index (χ0) is 21.4. The standard InChI is InChI=1S/C19H26BrClN4O4/c1-3-4-7-25-17(22)16(18(26)23-19(25)27)24(8-10-28-2)9-11-29-15-6-5-13(21)12-14(15)20/h5-6,12H,3-4,7-11,22H2,1-2H3,(H,23,26,27). The van der Waals surface area contributed by atoms with Crippen LogP contribution in [-0.2, 0) is 11.3 Å². The van der Waals surface area contributed by atoms with Gasteiger partial charge in [-0.1, -0.05) is 24.9 Å². The first-order chi connectivity index (χ1) is 13.9. The number of aromatic amines is 1. The zero-order valence-corrected chi connectivity index (χ0v) is 18.9. The number of hydrogen-bond donors (Lipinski definition) is 2. The number of rotatable bonds is 11. The minimum Gasteiger partial charge on any atom is -0.491 e. The van der Waals surface area contributed by atoms with Gasteiger partial charge in [-0.15, -0.1) is 0 Å². The molecule has 8 nitrogen and oxygen atoms in total. The zero-order valence-electron chi connectivity index (χ0n) is 16.5. The minimum atomic E-state index is -0.524. The van der Waals surface area contributed by atoms with Gasteiger partial charge in [0, 0.05) is 25.2 Å². The molecule has 0 aliphatic carbocycles. The maximum absolute atomic E-state index is 12.5. The van der Waals surface area contributed by atoms with Crippen LogP contribution in [-0.4, -0.2) is 43.0 Å². The molecule has 0 bridgehead atoms. The number of benzene rings is 1. The van der Waals surface area contributed by atoms with Gasteiger partial charge < -0.3 is 20.1 Å². The Bertz CT molecular complexity index is 931. The Kier molecular flexibility index (Phi) is 9.06. The van der Waals surface area contributed by atoms with Gasteiger partial charge in [0.15, 0.2) is 0 Å². The lowest BCUT2D eigenvalue weighted by Crippen LogP contribution is -2.41. The van der Waals surface area contributed by atoms with Crippen LogP contribution in [0.3, 0.4) is 0 Å². The van der Waals surface area contributed by atoms with Crippen LogP contribution in [0, 0.1) is 0 Å². The fourth-order valence-electron chi connectivity index (χ4n) is 2.82. The Morgan fingerprint density at radius 3 is 2.66 bits per heavy atom. The van der Waals surface area contributed by atoms with Crippen molar-refractivity contribution >= 4 is 39.0 Å². The van der Waals surface area contributed by atoms with E-state index in [9.17, 15) is 9.59 Å². The minimum absolute atomic E-state index is 0.149. The summed E-state index contributed by atoms with van der Waals surface area (Å²) in [4.78, 5) is 28.8. The van der Waals surface area contributed by atoms with Crippen LogP contribution in [0.1, 0.15) is 19.8 Å². The Hall–Kier alpha value is -1.97. The highest BCUT2D eigenvalue weighted by Gasteiger charge is 2.19. The van der Waals surface area contributed by atoms with Gasteiger partial charge in [0.25, 0.3) is 5.56 Å². The summed E-state index contributed by atoms with van der Waals surface area (Å²) in [6.45, 7) is 3.93. The van der Waals surface area contributed by atoms with Crippen LogP contribution in [0.5, 0.6) is 5.75 Å². The number of methoxy groups -OCH3 is 1. The van der Waals surface area contributed by atoms with Crippen molar-refractivity contribution in [3.63, 3.8) is 0 Å². The molecule has 0 radical (unpaired) electrons. The maximum Gasteiger partial charge on any atom is 0.330 e. The summed E-state index contributed by atoms with van der Waals surface area (Å²) < 4.78 is 13.1. The summed E-state index contributed by atoms with van der Waals surface area (Å²) in [7, 11) is 1.58. The SMILES string of the molecule is CCCCn1c(N)c(N(CCOC)CCOc2ccc(Cl)cc2Br)c(=O)[nH]c1=O. The average Bonchev–Trinajstić information content (AvgIpc) is 2.66. The molecule has 0 unspecified atom stereocenters. The number of nitrogens with zero attached hydrogens (tertiary/aromatic N) is 2. The average molecular weight is 490 g/mol. The third-order valence-corrected chi connectivity index (χ3v) is 5.20. The summed E-state index contributed by atoms with van der Waals surface area (Å²) >= 11 is 9.36. The molecule has 0 saturated carbocycles. The second-order valence-corrected chi connectivity index (χ2v) is 7.69. The Morgan fingerprint density at radius 1 is 1.28 bits per heavy atom. The van der Waals surface area contributed by atoms with Crippen molar-refractivity contribution in [2.75, 3.05) is 44.0 Å². The highest BCUT2D eigenvalue weighted by molar-refractivity contribution is 9.10. The van der Waals surface area contributed by atoms with Gasteiger partial charge in [0.1, 0.15) is 23.9 Å². The van der Waals surface area contributed by atoms with Gasteiger partial charge in [-0.25, -0.2) is 4.79 Å². The lowest BCUT2D eigenvalue weighted by Gasteiger charge is -2.26. The van der Waals surface area contributed by atoms with Crippen LogP contribution < -0.4 is 26.6 Å². The molecule has 160 valence electrons. The van der Waals surface area contributed by atoms with E-state index < -0.39 is 11.2 Å². The van der Waals surface area contributed by atoms with Gasteiger partial charge in [0.2, 0.25) is 0 Å². The topological polar surface area (TPSA) is 103 Å². The van der Waals surface area contributed by atoms with E-state index in [1.807, 2.05) is 6.92 Å². The number of nitrogens with one attached hydrogen (secondary N) is 1. The van der Waals surface area contributed by atoms with E-state index in [0.29, 0.717) is 37.0 Å². The molecule has 1 aromatic carbocycles. The molecule has 0 spiro atoms. The molecule has 1 aromatic heterocycles. The number of nitrogens with two attached hydrogens (primary N) is 1. The molecule has 2 aromatic rings. The number of aromatic nitrogens is 2. The molecular weight excluding hydrogens is 464 g/mol. The largest absolute Gasteiger partial charge is 0.491 e. The predicted octanol–water partition coefficient (Wildman–Crippen LogP) is 2.87. The van der Waals surface area contributed by atoms with Crippen molar-refractivity contribution in [1.82, 2.24) is 9.55 Å². The molecular formula is C19H26BrClN4O4. The summed E-state index contributed by atoms with van der Waals surface area (Å²) in [6, 6.07) is 5.24. The lowest BCUT2D eigenvalue weighted by molar-refractivity contribution is 0.203. The van der Waals surface area contributed by atoms with Crippen molar-refractivity contribution in [1.29, 1.82) is 0 Å². The van der Waals surface area contributed by atoms with E-state index in [-0.39, 0.29) is 18.1 Å². The van der Waals surface area contributed by atoms with Crippen LogP contribution in [0.15, 0.2) is 32.3 Å². The molecule has 0 aliphatic heterocycles. The number of nitrogen functional groups attached to an aromatic ring is 1. The van der Waals surface area contributed by atoms with Crippen LogP contribution in [0.4, 0.5) is 11.5 Å². The number of halogens is 2. The monoisotopic (exact) mass is 488 g/mol. The first kappa shape index (κ1) is 23.3. The van der Waals surface area contributed by atoms with Gasteiger partial charge in [-0.3, -0.25) is 14.3 Å². The number of anilines is 2. The van der Waals surface area contributed by atoms with Gasteiger partial charge in [-0.05, 0) is 40.5 Å². The smallest absolute Gasteiger partial charge is 0.330 e. The van der Waals surface area contributed by atoms with E-state index in [4.69, 9.17) is 26.8 Å². The van der Waals surface area contributed by atoms with Crippen molar-refractivity contribution in [3.05, 3.63) is 48.5 Å². The normalized spacial score (nSPS) is 10.9. The fourth-order valence-corrected chi connectivity index (χ4v) is 3.61. The molecule has 0 aliphatic rings. The van der Waals surface area contributed by atoms with E-state index >= 15 is 0 Å². The lowest BCUT2D eigenvalue weighted by atomic mass is 10.3. The summed E-state index contributed by atoms with van der Waals surface area (Å²) in [6.07, 6.45) is 1.68. The van der Waals surface area contributed by atoms with Crippen LogP contribution >= 0.6 is 27.5 Å². The molecule has 1 heterocycles. The van der Waals surface area contributed by atoms with Crippen molar-refractivity contribution in [3.8, 4) is 5.75 Å². The van der Waals surface area contributed by atoms with Crippen molar-refractivity contribution < 1.29 is 9.47 Å². The molecule has 0 saturated heterocycles. The molecule has 2 rings (SSSR count). The predicted molar refractivity (Wildman–Crippen MR) is 119 cm³/mol. The molecule has 0 fully saturated rings. The number of unbranched alkanes of at least 4 members (excludes halogenated alkanes) is 1. The highest BCUT2D eigenvalue weighted by atomic mass is 79.9. The number of hydrogen-bond acceptors (Lipinski definition) is 6. The fraction of sp³-hybridized carbons (Fsp3) is 0.474. The van der Waals surface area contributed by atoms with E-state index in [2.05, 4.69) is 20.9 Å². The quantitative estimate of drug-likeness (QED) is 0.503. The second kappa shape index (κ2) is 11.3. The molecule has 10 heteroatoms. The first-order valence-electron chi connectivity index (χ1n) is 9.33. The van der Waals surface area contributed by atoms with Crippen molar-refractivity contribution in [2.45, 2.75) is 26.3 Å². The summed E-state index contributed by atoms with van der Waals surface area (Å²) in [5.74, 6) is 0.784. The van der Waals surface area contributed by atoms with E-state index in [1.54, 1.807) is 30.2 Å². The van der Waals surface area contributed by atoms with Crippen LogP contribution in [0.2, 0.25) is 5.02 Å². The van der Waals surface area contributed by atoms with Gasteiger partial charge in [0.05, 0.1) is 17.6 Å². The second-order valence-electron chi connectivity index (χ2n) is 6.40. The number of H-pyrrole nitrogens is 1. The Labute approximate surface area is 182 Å². The molecule has 29 heavy (non-hydrogen) atoms. The third-order valence-electron chi connectivity index (χ3n) is 4.34. The highest BCUT2D eigenvalue weighted by Crippen LogP contribution is 2.28. The Balaban J connectivity index is 2.25. The summed E-state index contributed by atoms with van der Waals surface area (Å²) in [5, 5.41) is 0.597.